The zero-order chi connectivity index (χ0) is 17.6. The number of nitrogens with one attached hydrogen (secondary N) is 1. The largest absolute Gasteiger partial charge is 0.451 e. The third kappa shape index (κ3) is 4.29. The molecule has 5 heteroatoms. The molecule has 2 heterocycles. The number of likely N-dealkylation sites (tertiary alicyclic amines) is 1. The molecular formula is C20H24N2O3. The van der Waals surface area contributed by atoms with Gasteiger partial charge in [-0.1, -0.05) is 24.3 Å². The van der Waals surface area contributed by atoms with E-state index in [4.69, 9.17) is 4.42 Å². The van der Waals surface area contributed by atoms with E-state index in [0.29, 0.717) is 44.2 Å². The van der Waals surface area contributed by atoms with Crippen LogP contribution in [0.3, 0.4) is 0 Å². The Hall–Kier alpha value is -2.56. The van der Waals surface area contributed by atoms with Crippen LogP contribution in [0, 0.1) is 5.92 Å². The van der Waals surface area contributed by atoms with Gasteiger partial charge in [-0.3, -0.25) is 9.59 Å². The van der Waals surface area contributed by atoms with Gasteiger partial charge in [-0.2, -0.15) is 0 Å². The number of hydrogen-bond acceptors (Lipinski definition) is 3. The van der Waals surface area contributed by atoms with Gasteiger partial charge in [0, 0.05) is 31.4 Å². The molecule has 0 saturated carbocycles. The minimum Gasteiger partial charge on any atom is -0.451 e. The minimum atomic E-state index is -0.0512. The van der Waals surface area contributed by atoms with Gasteiger partial charge >= 0.3 is 0 Å². The van der Waals surface area contributed by atoms with E-state index < -0.39 is 0 Å². The Labute approximate surface area is 147 Å². The van der Waals surface area contributed by atoms with Crippen LogP contribution < -0.4 is 5.32 Å². The van der Waals surface area contributed by atoms with E-state index in [1.165, 1.54) is 0 Å². The predicted molar refractivity (Wildman–Crippen MR) is 97.3 cm³/mol. The summed E-state index contributed by atoms with van der Waals surface area (Å²) < 4.78 is 5.67. The lowest BCUT2D eigenvalue weighted by atomic mass is 9.96. The van der Waals surface area contributed by atoms with Crippen molar-refractivity contribution in [2.45, 2.75) is 25.7 Å². The summed E-state index contributed by atoms with van der Waals surface area (Å²) in [6.45, 7) is 5.70. The number of hydrogen-bond donors (Lipinski definition) is 1. The number of rotatable bonds is 6. The smallest absolute Gasteiger partial charge is 0.289 e. The number of nitrogens with zero attached hydrogens (tertiary/aromatic N) is 1. The van der Waals surface area contributed by atoms with Gasteiger partial charge in [-0.25, -0.2) is 0 Å². The Balaban J connectivity index is 1.49. The van der Waals surface area contributed by atoms with Crippen LogP contribution in [0.15, 0.2) is 47.4 Å². The Bertz CT molecular complexity index is 724. The Kier molecular flexibility index (Phi) is 5.53. The van der Waals surface area contributed by atoms with Gasteiger partial charge < -0.3 is 14.6 Å². The molecule has 3 rings (SSSR count). The highest BCUT2D eigenvalue weighted by Crippen LogP contribution is 2.23. The third-order valence-corrected chi connectivity index (χ3v) is 4.70. The van der Waals surface area contributed by atoms with Crippen molar-refractivity contribution in [3.8, 4) is 0 Å². The molecule has 0 radical (unpaired) electrons. The SMILES string of the molecule is C=CCCC(=O)NCC1CCN(C(=O)c2cc3ccccc3o2)CC1. The van der Waals surface area contributed by atoms with Gasteiger partial charge in [-0.15, -0.1) is 6.58 Å². The summed E-state index contributed by atoms with van der Waals surface area (Å²) in [6.07, 6.45) is 4.74. The first-order valence-electron chi connectivity index (χ1n) is 8.83. The number of amides is 2. The van der Waals surface area contributed by atoms with Crippen LogP contribution in [-0.2, 0) is 4.79 Å². The van der Waals surface area contributed by atoms with Gasteiger partial charge in [0.25, 0.3) is 5.91 Å². The van der Waals surface area contributed by atoms with Crippen LogP contribution in [0.2, 0.25) is 0 Å². The lowest BCUT2D eigenvalue weighted by Crippen LogP contribution is -2.41. The highest BCUT2D eigenvalue weighted by atomic mass is 16.3. The second-order valence-corrected chi connectivity index (χ2v) is 6.52. The molecule has 0 spiro atoms. The summed E-state index contributed by atoms with van der Waals surface area (Å²) in [7, 11) is 0. The average Bonchev–Trinajstić information content (AvgIpc) is 3.08. The Morgan fingerprint density at radius 2 is 2.04 bits per heavy atom. The summed E-state index contributed by atoms with van der Waals surface area (Å²) in [6, 6.07) is 9.45. The first-order valence-corrected chi connectivity index (χ1v) is 8.83. The van der Waals surface area contributed by atoms with E-state index in [-0.39, 0.29) is 11.8 Å². The first kappa shape index (κ1) is 17.3. The molecule has 1 aliphatic heterocycles. The second kappa shape index (κ2) is 8.01. The molecule has 1 fully saturated rings. The van der Waals surface area contributed by atoms with Crippen LogP contribution >= 0.6 is 0 Å². The molecule has 132 valence electrons. The topological polar surface area (TPSA) is 62.6 Å². The number of piperidine rings is 1. The van der Waals surface area contributed by atoms with Gasteiger partial charge in [-0.05, 0) is 37.3 Å². The molecule has 1 saturated heterocycles. The number of carbonyl (C=O) groups excluding carboxylic acids is 2. The summed E-state index contributed by atoms with van der Waals surface area (Å²) in [5.41, 5.74) is 0.739. The zero-order valence-electron chi connectivity index (χ0n) is 14.4. The number of carbonyl (C=O) groups is 2. The Morgan fingerprint density at radius 3 is 2.76 bits per heavy atom. The number of furan rings is 1. The number of benzene rings is 1. The number of fused-ring (bicyclic) bond motifs is 1. The number of allylic oxidation sites excluding steroid dienone is 1. The minimum absolute atomic E-state index is 0.0512. The predicted octanol–water partition coefficient (Wildman–Crippen LogP) is 3.37. The fourth-order valence-electron chi connectivity index (χ4n) is 3.16. The van der Waals surface area contributed by atoms with Gasteiger partial charge in [0.2, 0.25) is 5.91 Å². The molecule has 5 nitrogen and oxygen atoms in total. The van der Waals surface area contributed by atoms with Crippen molar-refractivity contribution in [3.63, 3.8) is 0 Å². The molecule has 0 bridgehead atoms. The van der Waals surface area contributed by atoms with Crippen molar-refractivity contribution in [3.05, 3.63) is 48.7 Å². The van der Waals surface area contributed by atoms with Crippen molar-refractivity contribution in [1.29, 1.82) is 0 Å². The van der Waals surface area contributed by atoms with Crippen molar-refractivity contribution < 1.29 is 14.0 Å². The fourth-order valence-corrected chi connectivity index (χ4v) is 3.16. The maximum absolute atomic E-state index is 12.6. The van der Waals surface area contributed by atoms with Gasteiger partial charge in [0.15, 0.2) is 5.76 Å². The van der Waals surface area contributed by atoms with E-state index in [0.717, 1.165) is 23.8 Å². The van der Waals surface area contributed by atoms with Crippen LogP contribution in [0.25, 0.3) is 11.0 Å². The molecule has 2 amide bonds. The summed E-state index contributed by atoms with van der Waals surface area (Å²) in [4.78, 5) is 26.1. The number of para-hydroxylation sites is 1. The van der Waals surface area contributed by atoms with Crippen LogP contribution in [0.1, 0.15) is 36.2 Å². The molecule has 0 unspecified atom stereocenters. The van der Waals surface area contributed by atoms with Gasteiger partial charge in [0.05, 0.1) is 0 Å². The summed E-state index contributed by atoms with van der Waals surface area (Å²) >= 11 is 0. The molecule has 0 aliphatic carbocycles. The molecule has 1 aromatic heterocycles. The third-order valence-electron chi connectivity index (χ3n) is 4.70. The zero-order valence-corrected chi connectivity index (χ0v) is 14.4. The maximum Gasteiger partial charge on any atom is 0.289 e. The molecule has 25 heavy (non-hydrogen) atoms. The van der Waals surface area contributed by atoms with Crippen molar-refractivity contribution in [2.24, 2.45) is 5.92 Å². The van der Waals surface area contributed by atoms with Crippen molar-refractivity contribution in [1.82, 2.24) is 10.2 Å². The highest BCUT2D eigenvalue weighted by Gasteiger charge is 2.25. The fraction of sp³-hybridized carbons (Fsp3) is 0.400. The normalized spacial score (nSPS) is 15.3. The lowest BCUT2D eigenvalue weighted by Gasteiger charge is -2.31. The maximum atomic E-state index is 12.6. The molecule has 1 aliphatic rings. The summed E-state index contributed by atoms with van der Waals surface area (Å²) in [5, 5.41) is 3.92. The van der Waals surface area contributed by atoms with Gasteiger partial charge in [0.1, 0.15) is 5.58 Å². The molecule has 1 aromatic carbocycles. The van der Waals surface area contributed by atoms with Crippen molar-refractivity contribution in [2.75, 3.05) is 19.6 Å². The molecular weight excluding hydrogens is 316 g/mol. The van der Waals surface area contributed by atoms with Crippen molar-refractivity contribution >= 4 is 22.8 Å². The van der Waals surface area contributed by atoms with Crippen LogP contribution in [-0.4, -0.2) is 36.3 Å². The average molecular weight is 340 g/mol. The molecule has 1 N–H and O–H groups in total. The Morgan fingerprint density at radius 1 is 1.28 bits per heavy atom. The van der Waals surface area contributed by atoms with E-state index >= 15 is 0 Å². The standard InChI is InChI=1S/C20H24N2O3/c1-2-3-8-19(23)21-14-15-9-11-22(12-10-15)20(24)18-13-16-6-4-5-7-17(16)25-18/h2,4-7,13,15H,1,3,8-12,14H2,(H,21,23). The lowest BCUT2D eigenvalue weighted by molar-refractivity contribution is -0.121. The monoisotopic (exact) mass is 340 g/mol. The van der Waals surface area contributed by atoms with E-state index in [2.05, 4.69) is 11.9 Å². The quantitative estimate of drug-likeness (QED) is 0.820. The molecule has 0 atom stereocenters. The summed E-state index contributed by atoms with van der Waals surface area (Å²) in [5.74, 6) is 0.843. The highest BCUT2D eigenvalue weighted by molar-refractivity contribution is 5.96. The second-order valence-electron chi connectivity index (χ2n) is 6.52. The van der Waals surface area contributed by atoms with E-state index in [9.17, 15) is 9.59 Å². The van der Waals surface area contributed by atoms with Crippen LogP contribution in [0.5, 0.6) is 0 Å². The molecule has 2 aromatic rings. The van der Waals surface area contributed by atoms with E-state index in [1.807, 2.05) is 35.2 Å². The van der Waals surface area contributed by atoms with E-state index in [1.54, 1.807) is 6.08 Å². The first-order chi connectivity index (χ1) is 12.2. The van der Waals surface area contributed by atoms with Crippen LogP contribution in [0.4, 0.5) is 0 Å².